The number of hydrogen-bond donors (Lipinski definition) is 1. The molecule has 5 heteroatoms. The summed E-state index contributed by atoms with van der Waals surface area (Å²) >= 11 is 0. The fourth-order valence-corrected chi connectivity index (χ4v) is 1.40. The highest BCUT2D eigenvalue weighted by atomic mass is 16.6. The minimum absolute atomic E-state index is 0.00884. The predicted molar refractivity (Wildman–Crippen MR) is 45.5 cm³/mol. The zero-order valence-corrected chi connectivity index (χ0v) is 6.77. The Kier molecular flexibility index (Phi) is 1.66. The van der Waals surface area contributed by atoms with Gasteiger partial charge in [-0.3, -0.25) is 10.1 Å². The molecule has 1 heterocycles. The van der Waals surface area contributed by atoms with Gasteiger partial charge in [-0.2, -0.15) is 0 Å². The van der Waals surface area contributed by atoms with Gasteiger partial charge in [0.2, 0.25) is 5.75 Å². The molecule has 0 amide bonds. The third-order valence-electron chi connectivity index (χ3n) is 2.03. The molecule has 68 valence electrons. The van der Waals surface area contributed by atoms with E-state index >= 15 is 0 Å². The first kappa shape index (κ1) is 8.00. The van der Waals surface area contributed by atoms with Crippen molar-refractivity contribution in [3.05, 3.63) is 33.9 Å². The van der Waals surface area contributed by atoms with Crippen molar-refractivity contribution in [2.24, 2.45) is 5.73 Å². The maximum atomic E-state index is 10.6. The van der Waals surface area contributed by atoms with Gasteiger partial charge in [-0.15, -0.1) is 0 Å². The van der Waals surface area contributed by atoms with Gasteiger partial charge in [0, 0.05) is 11.6 Å². The van der Waals surface area contributed by atoms with E-state index in [0.717, 1.165) is 0 Å². The van der Waals surface area contributed by atoms with Crippen LogP contribution >= 0.6 is 0 Å². The van der Waals surface area contributed by atoms with Crippen molar-refractivity contribution < 1.29 is 9.66 Å². The van der Waals surface area contributed by atoms with E-state index in [9.17, 15) is 10.1 Å². The molecule has 13 heavy (non-hydrogen) atoms. The third-order valence-corrected chi connectivity index (χ3v) is 2.03. The Morgan fingerprint density at radius 3 is 3.08 bits per heavy atom. The van der Waals surface area contributed by atoms with Crippen molar-refractivity contribution >= 4 is 5.69 Å². The van der Waals surface area contributed by atoms with Gasteiger partial charge in [-0.05, 0) is 0 Å². The normalized spacial score (nSPS) is 19.3. The molecule has 2 N–H and O–H groups in total. The van der Waals surface area contributed by atoms with Crippen LogP contribution < -0.4 is 10.5 Å². The molecule has 0 aromatic heterocycles. The van der Waals surface area contributed by atoms with Crippen LogP contribution in [0.25, 0.3) is 0 Å². The van der Waals surface area contributed by atoms with Crippen molar-refractivity contribution in [2.45, 2.75) is 6.04 Å². The summed E-state index contributed by atoms with van der Waals surface area (Å²) in [5, 5.41) is 10.6. The van der Waals surface area contributed by atoms with Crippen molar-refractivity contribution in [2.75, 3.05) is 6.61 Å². The minimum Gasteiger partial charge on any atom is -0.485 e. The van der Waals surface area contributed by atoms with E-state index in [1.807, 2.05) is 0 Å². The van der Waals surface area contributed by atoms with Crippen LogP contribution in [0.15, 0.2) is 18.2 Å². The number of nitrogens with two attached hydrogens (primary N) is 1. The number of nitro benzene ring substituents is 1. The van der Waals surface area contributed by atoms with E-state index in [-0.39, 0.29) is 11.7 Å². The van der Waals surface area contributed by atoms with Gasteiger partial charge in [0.05, 0.1) is 11.0 Å². The summed E-state index contributed by atoms with van der Waals surface area (Å²) in [5.74, 6) is 0.319. The lowest BCUT2D eigenvalue weighted by Gasteiger charge is -1.99. The summed E-state index contributed by atoms with van der Waals surface area (Å²) in [6.07, 6.45) is 0. The summed E-state index contributed by atoms with van der Waals surface area (Å²) in [5.41, 5.74) is 6.38. The number of ether oxygens (including phenoxy) is 1. The molecule has 0 aliphatic carbocycles. The molecule has 1 aliphatic heterocycles. The monoisotopic (exact) mass is 180 g/mol. The van der Waals surface area contributed by atoms with Gasteiger partial charge in [0.15, 0.2) is 0 Å². The third kappa shape index (κ3) is 1.13. The molecule has 0 saturated carbocycles. The highest BCUT2D eigenvalue weighted by molar-refractivity contribution is 5.54. The van der Waals surface area contributed by atoms with Gasteiger partial charge in [0.25, 0.3) is 0 Å². The van der Waals surface area contributed by atoms with Crippen molar-refractivity contribution in [3.8, 4) is 5.75 Å². The number of benzene rings is 1. The second-order valence-corrected chi connectivity index (χ2v) is 2.87. The standard InChI is InChI=1S/C8H8N2O3/c9-6-4-13-8-5(6)2-1-3-7(8)10(11)12/h1-3,6H,4,9H2. The van der Waals surface area contributed by atoms with E-state index in [4.69, 9.17) is 10.5 Å². The second kappa shape index (κ2) is 2.70. The first-order valence-electron chi connectivity index (χ1n) is 3.86. The molecule has 1 aliphatic rings. The van der Waals surface area contributed by atoms with Crippen LogP contribution in [0.4, 0.5) is 5.69 Å². The van der Waals surface area contributed by atoms with Crippen molar-refractivity contribution in [1.82, 2.24) is 0 Å². The summed E-state index contributed by atoms with van der Waals surface area (Å²) in [6.45, 7) is 0.320. The molecule has 0 saturated heterocycles. The highest BCUT2D eigenvalue weighted by Gasteiger charge is 2.28. The van der Waals surface area contributed by atoms with Gasteiger partial charge in [-0.1, -0.05) is 12.1 Å². The summed E-state index contributed by atoms with van der Waals surface area (Å²) in [4.78, 5) is 10.1. The van der Waals surface area contributed by atoms with Gasteiger partial charge < -0.3 is 10.5 Å². The molecule has 5 nitrogen and oxygen atoms in total. The SMILES string of the molecule is NC1COc2c1cccc2[N+](=O)[O-]. The largest absolute Gasteiger partial charge is 0.485 e. The van der Waals surface area contributed by atoms with E-state index in [1.165, 1.54) is 6.07 Å². The Morgan fingerprint density at radius 1 is 1.62 bits per heavy atom. The molecule has 0 bridgehead atoms. The quantitative estimate of drug-likeness (QED) is 0.516. The first-order valence-corrected chi connectivity index (χ1v) is 3.86. The van der Waals surface area contributed by atoms with Gasteiger partial charge in [-0.25, -0.2) is 0 Å². The van der Waals surface area contributed by atoms with E-state index in [2.05, 4.69) is 0 Å². The summed E-state index contributed by atoms with van der Waals surface area (Å²) in [7, 11) is 0. The number of nitrogens with zero attached hydrogens (tertiary/aromatic N) is 1. The number of nitro groups is 1. The Morgan fingerprint density at radius 2 is 2.38 bits per heavy atom. The molecule has 1 aromatic rings. The van der Waals surface area contributed by atoms with Crippen LogP contribution in [-0.4, -0.2) is 11.5 Å². The van der Waals surface area contributed by atoms with Crippen LogP contribution in [0.3, 0.4) is 0 Å². The minimum atomic E-state index is -0.461. The molecule has 0 fully saturated rings. The number of hydrogen-bond acceptors (Lipinski definition) is 4. The van der Waals surface area contributed by atoms with Crippen LogP contribution in [0.2, 0.25) is 0 Å². The number of rotatable bonds is 1. The zero-order valence-electron chi connectivity index (χ0n) is 6.77. The predicted octanol–water partition coefficient (Wildman–Crippen LogP) is 0.987. The molecule has 1 aromatic carbocycles. The average molecular weight is 180 g/mol. The van der Waals surface area contributed by atoms with E-state index in [1.54, 1.807) is 12.1 Å². The Hall–Kier alpha value is -1.62. The lowest BCUT2D eigenvalue weighted by Crippen LogP contribution is -2.10. The smallest absolute Gasteiger partial charge is 0.311 e. The molecular formula is C8H8N2O3. The van der Waals surface area contributed by atoms with E-state index in [0.29, 0.717) is 17.9 Å². The highest BCUT2D eigenvalue weighted by Crippen LogP contribution is 2.38. The van der Waals surface area contributed by atoms with E-state index < -0.39 is 4.92 Å². The van der Waals surface area contributed by atoms with Gasteiger partial charge >= 0.3 is 5.69 Å². The molecule has 0 radical (unpaired) electrons. The molecule has 0 spiro atoms. The van der Waals surface area contributed by atoms with Crippen LogP contribution in [0.1, 0.15) is 11.6 Å². The maximum Gasteiger partial charge on any atom is 0.311 e. The van der Waals surface area contributed by atoms with Gasteiger partial charge in [0.1, 0.15) is 6.61 Å². The Bertz CT molecular complexity index is 364. The molecule has 2 rings (SSSR count). The topological polar surface area (TPSA) is 78.4 Å². The van der Waals surface area contributed by atoms with Crippen LogP contribution in [-0.2, 0) is 0 Å². The Balaban J connectivity index is 2.57. The average Bonchev–Trinajstić information content (AvgIpc) is 2.48. The zero-order chi connectivity index (χ0) is 9.42. The molecule has 1 unspecified atom stereocenters. The lowest BCUT2D eigenvalue weighted by molar-refractivity contribution is -0.385. The maximum absolute atomic E-state index is 10.6. The Labute approximate surface area is 74.3 Å². The number of fused-ring (bicyclic) bond motifs is 1. The summed E-state index contributed by atoms with van der Waals surface area (Å²) < 4.78 is 5.14. The lowest BCUT2D eigenvalue weighted by atomic mass is 10.1. The number of para-hydroxylation sites is 1. The summed E-state index contributed by atoms with van der Waals surface area (Å²) in [6, 6.07) is 4.54. The van der Waals surface area contributed by atoms with Crippen LogP contribution in [0, 0.1) is 10.1 Å². The van der Waals surface area contributed by atoms with Crippen molar-refractivity contribution in [1.29, 1.82) is 0 Å². The van der Waals surface area contributed by atoms with Crippen LogP contribution in [0.5, 0.6) is 5.75 Å². The fraction of sp³-hybridized carbons (Fsp3) is 0.250. The first-order chi connectivity index (χ1) is 6.20. The molecular weight excluding hydrogens is 172 g/mol. The fourth-order valence-electron chi connectivity index (χ4n) is 1.40. The van der Waals surface area contributed by atoms with Crippen molar-refractivity contribution in [3.63, 3.8) is 0 Å². The second-order valence-electron chi connectivity index (χ2n) is 2.87. The molecule has 1 atom stereocenters.